The van der Waals surface area contributed by atoms with Crippen molar-refractivity contribution in [3.05, 3.63) is 28.2 Å². The molecule has 6 heteroatoms. The maximum Gasteiger partial charge on any atom is 0.319 e. The summed E-state index contributed by atoms with van der Waals surface area (Å²) in [5.74, 6) is -0.752. The Balaban J connectivity index is 2.15. The van der Waals surface area contributed by atoms with Gasteiger partial charge in [0, 0.05) is 23.1 Å². The number of urea groups is 1. The predicted octanol–water partition coefficient (Wildman–Crippen LogP) is 3.91. The van der Waals surface area contributed by atoms with Crippen molar-refractivity contribution in [3.63, 3.8) is 0 Å². The molecule has 0 spiro atoms. The van der Waals surface area contributed by atoms with Crippen LogP contribution in [0.5, 0.6) is 0 Å². The Morgan fingerprint density at radius 3 is 2.57 bits per heavy atom. The standard InChI is InChI=1S/C15H21BrN2O3/c1-11-10-12(16)7-8-13(11)18-15(21)17-9-5-3-2-4-6-14(19)20/h7-8,10H,2-6,9H2,1H3,(H,19,20)(H2,17,18,21). The zero-order chi connectivity index (χ0) is 15.7. The van der Waals surface area contributed by atoms with Crippen molar-refractivity contribution in [3.8, 4) is 0 Å². The normalized spacial score (nSPS) is 10.2. The van der Waals surface area contributed by atoms with Gasteiger partial charge in [-0.1, -0.05) is 28.8 Å². The van der Waals surface area contributed by atoms with Crippen molar-refractivity contribution in [1.29, 1.82) is 0 Å². The first-order valence-corrected chi connectivity index (χ1v) is 7.81. The summed E-state index contributed by atoms with van der Waals surface area (Å²) in [5, 5.41) is 14.1. The first kappa shape index (κ1) is 17.5. The van der Waals surface area contributed by atoms with Gasteiger partial charge in [-0.05, 0) is 43.5 Å². The first-order chi connectivity index (χ1) is 9.99. The van der Waals surface area contributed by atoms with Crippen molar-refractivity contribution in [2.24, 2.45) is 0 Å². The molecular formula is C15H21BrN2O3. The molecule has 0 saturated carbocycles. The summed E-state index contributed by atoms with van der Waals surface area (Å²) in [6.07, 6.45) is 3.56. The number of carbonyl (C=O) groups is 2. The molecule has 116 valence electrons. The molecule has 0 fully saturated rings. The predicted molar refractivity (Wildman–Crippen MR) is 86.6 cm³/mol. The largest absolute Gasteiger partial charge is 0.481 e. The number of amides is 2. The average molecular weight is 357 g/mol. The molecule has 0 bridgehead atoms. The van der Waals surface area contributed by atoms with Crippen molar-refractivity contribution in [2.75, 3.05) is 11.9 Å². The van der Waals surface area contributed by atoms with E-state index in [0.29, 0.717) is 13.0 Å². The van der Waals surface area contributed by atoms with E-state index in [9.17, 15) is 9.59 Å². The van der Waals surface area contributed by atoms with E-state index >= 15 is 0 Å². The number of carboxylic acids is 1. The minimum atomic E-state index is -0.752. The van der Waals surface area contributed by atoms with E-state index in [1.54, 1.807) is 0 Å². The molecule has 2 amide bonds. The van der Waals surface area contributed by atoms with E-state index in [0.717, 1.165) is 35.0 Å². The van der Waals surface area contributed by atoms with Gasteiger partial charge in [0.1, 0.15) is 0 Å². The minimum absolute atomic E-state index is 0.217. The van der Waals surface area contributed by atoms with Crippen LogP contribution in [0.2, 0.25) is 0 Å². The van der Waals surface area contributed by atoms with Crippen LogP contribution in [-0.2, 0) is 4.79 Å². The smallest absolute Gasteiger partial charge is 0.319 e. The molecule has 5 nitrogen and oxygen atoms in total. The van der Waals surface area contributed by atoms with Crippen molar-refractivity contribution in [1.82, 2.24) is 5.32 Å². The summed E-state index contributed by atoms with van der Waals surface area (Å²) < 4.78 is 0.979. The molecule has 0 heterocycles. The van der Waals surface area contributed by atoms with Gasteiger partial charge in [0.15, 0.2) is 0 Å². The Labute approximate surface area is 133 Å². The molecule has 0 aliphatic carbocycles. The third-order valence-corrected chi connectivity index (χ3v) is 3.53. The van der Waals surface area contributed by atoms with Gasteiger partial charge in [0.05, 0.1) is 0 Å². The molecule has 0 aliphatic heterocycles. The number of carbonyl (C=O) groups excluding carboxylic acids is 1. The molecule has 0 saturated heterocycles. The number of anilines is 1. The lowest BCUT2D eigenvalue weighted by molar-refractivity contribution is -0.137. The van der Waals surface area contributed by atoms with E-state index in [1.807, 2.05) is 25.1 Å². The minimum Gasteiger partial charge on any atom is -0.481 e. The number of aliphatic carboxylic acids is 1. The number of nitrogens with one attached hydrogen (secondary N) is 2. The quantitative estimate of drug-likeness (QED) is 0.617. The fourth-order valence-electron chi connectivity index (χ4n) is 1.89. The van der Waals surface area contributed by atoms with Crippen LogP contribution in [0.3, 0.4) is 0 Å². The van der Waals surface area contributed by atoms with Gasteiger partial charge < -0.3 is 15.7 Å². The molecule has 1 rings (SSSR count). The first-order valence-electron chi connectivity index (χ1n) is 7.02. The van der Waals surface area contributed by atoms with E-state index < -0.39 is 5.97 Å². The zero-order valence-electron chi connectivity index (χ0n) is 12.1. The lowest BCUT2D eigenvalue weighted by Crippen LogP contribution is -2.29. The molecular weight excluding hydrogens is 336 g/mol. The summed E-state index contributed by atoms with van der Waals surface area (Å²) in [6, 6.07) is 5.46. The number of carboxylic acid groups (broad SMARTS) is 1. The van der Waals surface area contributed by atoms with E-state index in [1.165, 1.54) is 0 Å². The Morgan fingerprint density at radius 1 is 1.19 bits per heavy atom. The molecule has 1 aromatic carbocycles. The van der Waals surface area contributed by atoms with Gasteiger partial charge in [-0.25, -0.2) is 4.79 Å². The third-order valence-electron chi connectivity index (χ3n) is 3.04. The van der Waals surface area contributed by atoms with Crippen LogP contribution < -0.4 is 10.6 Å². The molecule has 1 aromatic rings. The summed E-state index contributed by atoms with van der Waals surface area (Å²) in [4.78, 5) is 22.0. The van der Waals surface area contributed by atoms with E-state index in [-0.39, 0.29) is 12.5 Å². The van der Waals surface area contributed by atoms with Crippen LogP contribution in [0.25, 0.3) is 0 Å². The zero-order valence-corrected chi connectivity index (χ0v) is 13.7. The van der Waals surface area contributed by atoms with E-state index in [4.69, 9.17) is 5.11 Å². The molecule has 0 unspecified atom stereocenters. The van der Waals surface area contributed by atoms with Gasteiger partial charge in [-0.3, -0.25) is 4.79 Å². The van der Waals surface area contributed by atoms with Gasteiger partial charge >= 0.3 is 12.0 Å². The monoisotopic (exact) mass is 356 g/mol. The van der Waals surface area contributed by atoms with Crippen molar-refractivity contribution < 1.29 is 14.7 Å². The van der Waals surface area contributed by atoms with Gasteiger partial charge in [-0.2, -0.15) is 0 Å². The highest BCUT2D eigenvalue weighted by Crippen LogP contribution is 2.19. The fraction of sp³-hybridized carbons (Fsp3) is 0.467. The maximum absolute atomic E-state index is 11.7. The number of benzene rings is 1. The molecule has 0 aromatic heterocycles. The van der Waals surface area contributed by atoms with Gasteiger partial charge in [-0.15, -0.1) is 0 Å². The number of hydrogen-bond donors (Lipinski definition) is 3. The molecule has 3 N–H and O–H groups in total. The average Bonchev–Trinajstić information content (AvgIpc) is 2.40. The van der Waals surface area contributed by atoms with Crippen LogP contribution in [-0.4, -0.2) is 23.7 Å². The lowest BCUT2D eigenvalue weighted by Gasteiger charge is -2.10. The SMILES string of the molecule is Cc1cc(Br)ccc1NC(=O)NCCCCCCC(=O)O. The van der Waals surface area contributed by atoms with Crippen molar-refractivity contribution >= 4 is 33.6 Å². The number of hydrogen-bond acceptors (Lipinski definition) is 2. The Hall–Kier alpha value is -1.56. The van der Waals surface area contributed by atoms with Gasteiger partial charge in [0.25, 0.3) is 0 Å². The van der Waals surface area contributed by atoms with Gasteiger partial charge in [0.2, 0.25) is 0 Å². The van der Waals surface area contributed by atoms with Crippen LogP contribution in [0, 0.1) is 6.92 Å². The third kappa shape index (κ3) is 7.70. The van der Waals surface area contributed by atoms with Crippen LogP contribution in [0.1, 0.15) is 37.7 Å². The molecule has 0 radical (unpaired) electrons. The molecule has 21 heavy (non-hydrogen) atoms. The van der Waals surface area contributed by atoms with Crippen LogP contribution >= 0.6 is 15.9 Å². The van der Waals surface area contributed by atoms with Crippen LogP contribution in [0.15, 0.2) is 22.7 Å². The highest BCUT2D eigenvalue weighted by atomic mass is 79.9. The van der Waals surface area contributed by atoms with Crippen molar-refractivity contribution in [2.45, 2.75) is 39.0 Å². The summed E-state index contributed by atoms with van der Waals surface area (Å²) >= 11 is 3.38. The Bertz CT molecular complexity index is 492. The molecule has 0 aliphatic rings. The second kappa shape index (κ2) is 9.39. The van der Waals surface area contributed by atoms with Crippen LogP contribution in [0.4, 0.5) is 10.5 Å². The number of unbranched alkanes of at least 4 members (excludes halogenated alkanes) is 3. The fourth-order valence-corrected chi connectivity index (χ4v) is 2.37. The lowest BCUT2D eigenvalue weighted by atomic mass is 10.1. The number of halogens is 1. The Kier molecular flexibility index (Phi) is 7.82. The maximum atomic E-state index is 11.7. The van der Waals surface area contributed by atoms with E-state index in [2.05, 4.69) is 26.6 Å². The molecule has 0 atom stereocenters. The second-order valence-corrected chi connectivity index (χ2v) is 5.81. The summed E-state index contributed by atoms with van der Waals surface area (Å²) in [6.45, 7) is 2.53. The number of aryl methyl sites for hydroxylation is 1. The highest BCUT2D eigenvalue weighted by molar-refractivity contribution is 9.10. The summed E-state index contributed by atoms with van der Waals surface area (Å²) in [7, 11) is 0. The topological polar surface area (TPSA) is 78.4 Å². The number of rotatable bonds is 8. The summed E-state index contributed by atoms with van der Waals surface area (Å²) in [5.41, 5.74) is 1.78. The second-order valence-electron chi connectivity index (χ2n) is 4.90. The Morgan fingerprint density at radius 2 is 1.90 bits per heavy atom. The highest BCUT2D eigenvalue weighted by Gasteiger charge is 2.04.